The summed E-state index contributed by atoms with van der Waals surface area (Å²) >= 11 is 12.3. The second kappa shape index (κ2) is 8.00. The Morgan fingerprint density at radius 2 is 1.75 bits per heavy atom. The number of fused-ring (bicyclic) bond motifs is 1. The Morgan fingerprint density at radius 3 is 2.54 bits per heavy atom. The van der Waals surface area contributed by atoms with Crippen LogP contribution in [0.2, 0.25) is 10.0 Å². The second-order valence-electron chi connectivity index (χ2n) is 6.05. The molecular formula is C21H14Cl2FN3O. The average Bonchev–Trinajstić information content (AvgIpc) is 2.70. The lowest BCUT2D eigenvalue weighted by Gasteiger charge is -2.12. The summed E-state index contributed by atoms with van der Waals surface area (Å²) in [4.78, 5) is 8.30. The van der Waals surface area contributed by atoms with E-state index in [1.165, 1.54) is 18.5 Å². The zero-order valence-corrected chi connectivity index (χ0v) is 16.0. The van der Waals surface area contributed by atoms with Gasteiger partial charge in [-0.2, -0.15) is 0 Å². The van der Waals surface area contributed by atoms with Crippen LogP contribution in [0.5, 0.6) is 5.75 Å². The van der Waals surface area contributed by atoms with Crippen LogP contribution in [0.15, 0.2) is 67.0 Å². The molecule has 1 aromatic heterocycles. The summed E-state index contributed by atoms with van der Waals surface area (Å²) < 4.78 is 19.4. The molecule has 0 aliphatic carbocycles. The summed E-state index contributed by atoms with van der Waals surface area (Å²) in [7, 11) is 0. The van der Waals surface area contributed by atoms with Gasteiger partial charge in [0.1, 0.15) is 30.3 Å². The minimum absolute atomic E-state index is 0.00745. The van der Waals surface area contributed by atoms with Gasteiger partial charge in [0.05, 0.1) is 15.6 Å². The van der Waals surface area contributed by atoms with E-state index in [4.69, 9.17) is 27.9 Å². The topological polar surface area (TPSA) is 47.0 Å². The van der Waals surface area contributed by atoms with Crippen LogP contribution in [0.25, 0.3) is 10.9 Å². The Kier molecular flexibility index (Phi) is 5.28. The van der Waals surface area contributed by atoms with Crippen molar-refractivity contribution in [2.75, 3.05) is 5.32 Å². The Morgan fingerprint density at radius 1 is 0.929 bits per heavy atom. The molecule has 1 heterocycles. The molecule has 3 aromatic carbocycles. The van der Waals surface area contributed by atoms with Crippen molar-refractivity contribution in [2.24, 2.45) is 0 Å². The number of nitrogens with one attached hydrogen (secondary N) is 1. The molecule has 4 nitrogen and oxygen atoms in total. The Balaban J connectivity index is 1.55. The monoisotopic (exact) mass is 413 g/mol. The van der Waals surface area contributed by atoms with E-state index >= 15 is 0 Å². The van der Waals surface area contributed by atoms with Gasteiger partial charge in [0.25, 0.3) is 0 Å². The normalized spacial score (nSPS) is 10.8. The van der Waals surface area contributed by atoms with Crippen molar-refractivity contribution in [1.29, 1.82) is 0 Å². The van der Waals surface area contributed by atoms with Crippen LogP contribution >= 0.6 is 23.2 Å². The van der Waals surface area contributed by atoms with Gasteiger partial charge in [0.2, 0.25) is 0 Å². The molecule has 0 fully saturated rings. The molecule has 4 rings (SSSR count). The molecule has 4 aromatic rings. The van der Waals surface area contributed by atoms with E-state index in [9.17, 15) is 4.39 Å². The summed E-state index contributed by atoms with van der Waals surface area (Å²) in [5, 5.41) is 4.24. The molecule has 0 amide bonds. The van der Waals surface area contributed by atoms with Gasteiger partial charge in [0.15, 0.2) is 0 Å². The summed E-state index contributed by atoms with van der Waals surface area (Å²) in [6.45, 7) is 0.425. The van der Waals surface area contributed by atoms with Crippen molar-refractivity contribution in [2.45, 2.75) is 6.61 Å². The van der Waals surface area contributed by atoms with Crippen LogP contribution in [0.3, 0.4) is 0 Å². The SMILES string of the molecule is Fc1cc2ncnc(Nc3ccc(OCc4ccccc4)c(Cl)c3)c2cc1Cl. The number of aromatic nitrogens is 2. The maximum absolute atomic E-state index is 13.7. The number of ether oxygens (including phenoxy) is 1. The van der Waals surface area contributed by atoms with Crippen LogP contribution in [-0.2, 0) is 6.61 Å². The number of anilines is 2. The zero-order valence-electron chi connectivity index (χ0n) is 14.5. The zero-order chi connectivity index (χ0) is 19.5. The molecule has 0 aliphatic rings. The first-order valence-electron chi connectivity index (χ1n) is 8.43. The highest BCUT2D eigenvalue weighted by Gasteiger charge is 2.10. The van der Waals surface area contributed by atoms with Crippen LogP contribution in [-0.4, -0.2) is 9.97 Å². The van der Waals surface area contributed by atoms with Crippen molar-refractivity contribution in [3.8, 4) is 5.75 Å². The first-order chi connectivity index (χ1) is 13.6. The lowest BCUT2D eigenvalue weighted by atomic mass is 10.2. The fraction of sp³-hybridized carbons (Fsp3) is 0.0476. The molecular weight excluding hydrogens is 400 g/mol. The fourth-order valence-corrected chi connectivity index (χ4v) is 3.12. The highest BCUT2D eigenvalue weighted by Crippen LogP contribution is 2.32. The van der Waals surface area contributed by atoms with Gasteiger partial charge in [0, 0.05) is 17.1 Å². The fourth-order valence-electron chi connectivity index (χ4n) is 2.72. The third kappa shape index (κ3) is 4.01. The van der Waals surface area contributed by atoms with Gasteiger partial charge in [-0.1, -0.05) is 53.5 Å². The minimum atomic E-state index is -0.526. The first-order valence-corrected chi connectivity index (χ1v) is 9.19. The highest BCUT2D eigenvalue weighted by molar-refractivity contribution is 6.32. The summed E-state index contributed by atoms with van der Waals surface area (Å²) in [6.07, 6.45) is 1.36. The largest absolute Gasteiger partial charge is 0.487 e. The van der Waals surface area contributed by atoms with Gasteiger partial charge in [-0.3, -0.25) is 0 Å². The number of rotatable bonds is 5. The van der Waals surface area contributed by atoms with E-state index in [1.54, 1.807) is 12.1 Å². The molecule has 0 bridgehead atoms. The summed E-state index contributed by atoms with van der Waals surface area (Å²) in [5.41, 5.74) is 2.21. The predicted molar refractivity (Wildman–Crippen MR) is 110 cm³/mol. The van der Waals surface area contributed by atoms with Crippen molar-refractivity contribution in [1.82, 2.24) is 9.97 Å². The lowest BCUT2D eigenvalue weighted by molar-refractivity contribution is 0.306. The smallest absolute Gasteiger partial charge is 0.143 e. The molecule has 0 saturated heterocycles. The third-order valence-corrected chi connectivity index (χ3v) is 4.69. The molecule has 7 heteroatoms. The number of halogens is 3. The van der Waals surface area contributed by atoms with E-state index in [1.807, 2.05) is 36.4 Å². The molecule has 0 spiro atoms. The Hall–Kier alpha value is -2.89. The van der Waals surface area contributed by atoms with Crippen LogP contribution in [0.1, 0.15) is 5.56 Å². The van der Waals surface area contributed by atoms with Gasteiger partial charge in [-0.15, -0.1) is 0 Å². The van der Waals surface area contributed by atoms with E-state index < -0.39 is 5.82 Å². The minimum Gasteiger partial charge on any atom is -0.487 e. The number of nitrogens with zero attached hydrogens (tertiary/aromatic N) is 2. The van der Waals surface area contributed by atoms with Crippen molar-refractivity contribution in [3.05, 3.63) is 88.4 Å². The molecule has 140 valence electrons. The van der Waals surface area contributed by atoms with E-state index in [0.29, 0.717) is 39.8 Å². The Labute approximate surface area is 170 Å². The maximum atomic E-state index is 13.7. The highest BCUT2D eigenvalue weighted by atomic mass is 35.5. The first kappa shape index (κ1) is 18.5. The number of hydrogen-bond donors (Lipinski definition) is 1. The van der Waals surface area contributed by atoms with Crippen LogP contribution in [0.4, 0.5) is 15.9 Å². The lowest BCUT2D eigenvalue weighted by Crippen LogP contribution is -1.98. The number of benzene rings is 3. The summed E-state index contributed by atoms with van der Waals surface area (Å²) in [6, 6.07) is 17.9. The van der Waals surface area contributed by atoms with Gasteiger partial charge < -0.3 is 10.1 Å². The standard InChI is InChI=1S/C21H14Cl2FN3O/c22-16-9-15-19(10-18(16)24)25-12-26-21(15)27-14-6-7-20(17(23)8-14)28-11-13-4-2-1-3-5-13/h1-10,12H,11H2,(H,25,26,27). The quantitative estimate of drug-likeness (QED) is 0.411. The number of hydrogen-bond acceptors (Lipinski definition) is 4. The predicted octanol–water partition coefficient (Wildman–Crippen LogP) is 6.40. The van der Waals surface area contributed by atoms with Crippen molar-refractivity contribution < 1.29 is 9.13 Å². The third-order valence-electron chi connectivity index (χ3n) is 4.11. The van der Waals surface area contributed by atoms with E-state index in [-0.39, 0.29) is 5.02 Å². The van der Waals surface area contributed by atoms with Gasteiger partial charge in [-0.25, -0.2) is 14.4 Å². The van der Waals surface area contributed by atoms with Crippen molar-refractivity contribution >= 4 is 45.6 Å². The van der Waals surface area contributed by atoms with Gasteiger partial charge in [-0.05, 0) is 29.8 Å². The van der Waals surface area contributed by atoms with E-state index in [2.05, 4.69) is 15.3 Å². The average molecular weight is 414 g/mol. The van der Waals surface area contributed by atoms with Crippen LogP contribution < -0.4 is 10.1 Å². The molecule has 1 N–H and O–H groups in total. The second-order valence-corrected chi connectivity index (χ2v) is 6.86. The van der Waals surface area contributed by atoms with Crippen LogP contribution in [0, 0.1) is 5.82 Å². The molecule has 0 unspecified atom stereocenters. The molecule has 28 heavy (non-hydrogen) atoms. The maximum Gasteiger partial charge on any atom is 0.143 e. The van der Waals surface area contributed by atoms with E-state index in [0.717, 1.165) is 5.56 Å². The molecule has 0 aliphatic heterocycles. The molecule has 0 saturated carbocycles. The van der Waals surface area contributed by atoms with Gasteiger partial charge >= 0.3 is 0 Å². The summed E-state index contributed by atoms with van der Waals surface area (Å²) in [5.74, 6) is 0.552. The molecule has 0 atom stereocenters. The molecule has 0 radical (unpaired) electrons. The van der Waals surface area contributed by atoms with Crippen molar-refractivity contribution in [3.63, 3.8) is 0 Å². The Bertz CT molecular complexity index is 1140.